The number of carbonyl (C=O) groups is 1. The van der Waals surface area contributed by atoms with Crippen molar-refractivity contribution in [1.82, 2.24) is 5.32 Å². The van der Waals surface area contributed by atoms with Gasteiger partial charge in [0.1, 0.15) is 17.2 Å². The fourth-order valence-electron chi connectivity index (χ4n) is 2.15. The molecule has 0 saturated carbocycles. The lowest BCUT2D eigenvalue weighted by Crippen LogP contribution is -2.31. The van der Waals surface area contributed by atoms with Gasteiger partial charge in [0.15, 0.2) is 6.61 Å². The van der Waals surface area contributed by atoms with Crippen LogP contribution in [0.2, 0.25) is 0 Å². The Morgan fingerprint density at radius 1 is 1.00 bits per heavy atom. The zero-order valence-electron chi connectivity index (χ0n) is 14.2. The fourth-order valence-corrected chi connectivity index (χ4v) is 2.15. The maximum atomic E-state index is 12.1. The first-order valence-corrected chi connectivity index (χ1v) is 7.69. The van der Waals surface area contributed by atoms with Crippen molar-refractivity contribution in [2.24, 2.45) is 0 Å². The number of ether oxygens (including phenoxy) is 3. The van der Waals surface area contributed by atoms with E-state index in [1.165, 1.54) is 24.3 Å². The number of halogens is 3. The van der Waals surface area contributed by atoms with Gasteiger partial charge >= 0.3 is 6.36 Å². The smallest absolute Gasteiger partial charge is 0.497 e. The summed E-state index contributed by atoms with van der Waals surface area (Å²) in [5, 5.41) is 2.71. The van der Waals surface area contributed by atoms with Gasteiger partial charge in [0.25, 0.3) is 5.91 Å². The van der Waals surface area contributed by atoms with Gasteiger partial charge < -0.3 is 19.5 Å². The Bertz CT molecular complexity index is 715. The topological polar surface area (TPSA) is 56.8 Å². The highest BCUT2D eigenvalue weighted by molar-refractivity contribution is 5.78. The molecule has 0 heterocycles. The maximum Gasteiger partial charge on any atom is 0.573 e. The normalized spacial score (nSPS) is 12.2. The summed E-state index contributed by atoms with van der Waals surface area (Å²) in [6.45, 7) is 1.52. The zero-order valence-corrected chi connectivity index (χ0v) is 14.2. The van der Waals surface area contributed by atoms with Crippen LogP contribution in [0.4, 0.5) is 13.2 Å². The standard InChI is InChI=1S/C18H18F3NO4/c1-12(13-3-5-16(6-4-13)26-18(19,20)21)22-17(23)11-25-15-9-7-14(24-2)8-10-15/h3-10,12H,11H2,1-2H3,(H,22,23). The van der Waals surface area contributed by atoms with E-state index in [0.717, 1.165) is 0 Å². The summed E-state index contributed by atoms with van der Waals surface area (Å²) in [4.78, 5) is 11.9. The highest BCUT2D eigenvalue weighted by Crippen LogP contribution is 2.24. The molecular formula is C18H18F3NO4. The predicted octanol–water partition coefficient (Wildman–Crippen LogP) is 3.85. The molecule has 0 aromatic heterocycles. The molecule has 2 aromatic rings. The van der Waals surface area contributed by atoms with E-state index in [9.17, 15) is 18.0 Å². The number of benzene rings is 2. The number of methoxy groups -OCH3 is 1. The molecule has 0 saturated heterocycles. The first-order chi connectivity index (χ1) is 12.3. The number of amides is 1. The molecule has 8 heteroatoms. The van der Waals surface area contributed by atoms with Crippen LogP contribution in [0, 0.1) is 0 Å². The van der Waals surface area contributed by atoms with Gasteiger partial charge in [-0.05, 0) is 48.9 Å². The molecule has 5 nitrogen and oxygen atoms in total. The van der Waals surface area contributed by atoms with E-state index < -0.39 is 12.4 Å². The number of hydrogen-bond acceptors (Lipinski definition) is 4. The Kier molecular flexibility index (Phi) is 6.32. The Hall–Kier alpha value is -2.90. The van der Waals surface area contributed by atoms with Gasteiger partial charge in [0.05, 0.1) is 13.2 Å². The number of alkyl halides is 3. The molecule has 1 atom stereocenters. The van der Waals surface area contributed by atoms with Gasteiger partial charge in [-0.15, -0.1) is 13.2 Å². The highest BCUT2D eigenvalue weighted by Gasteiger charge is 2.31. The third-order valence-corrected chi connectivity index (χ3v) is 3.42. The summed E-state index contributed by atoms with van der Waals surface area (Å²) in [6.07, 6.45) is -4.74. The van der Waals surface area contributed by atoms with Gasteiger partial charge in [0.2, 0.25) is 0 Å². The van der Waals surface area contributed by atoms with Crippen molar-refractivity contribution in [1.29, 1.82) is 0 Å². The van der Waals surface area contributed by atoms with Crippen LogP contribution in [-0.4, -0.2) is 26.0 Å². The Morgan fingerprint density at radius 2 is 1.54 bits per heavy atom. The molecule has 2 rings (SSSR count). The summed E-state index contributed by atoms with van der Waals surface area (Å²) < 4.78 is 50.6. The van der Waals surface area contributed by atoms with Crippen LogP contribution in [0.25, 0.3) is 0 Å². The van der Waals surface area contributed by atoms with Crippen LogP contribution < -0.4 is 19.5 Å². The van der Waals surface area contributed by atoms with Crippen molar-refractivity contribution in [3.05, 3.63) is 54.1 Å². The summed E-state index contributed by atoms with van der Waals surface area (Å²) in [5.74, 6) is 0.516. The largest absolute Gasteiger partial charge is 0.573 e. The molecule has 140 valence electrons. The van der Waals surface area contributed by atoms with E-state index in [1.807, 2.05) is 0 Å². The monoisotopic (exact) mass is 369 g/mol. The highest BCUT2D eigenvalue weighted by atomic mass is 19.4. The van der Waals surface area contributed by atoms with E-state index in [-0.39, 0.29) is 18.3 Å². The number of carbonyl (C=O) groups excluding carboxylic acids is 1. The molecule has 1 N–H and O–H groups in total. The van der Waals surface area contributed by atoms with Gasteiger partial charge in [-0.25, -0.2) is 0 Å². The number of nitrogens with one attached hydrogen (secondary N) is 1. The van der Waals surface area contributed by atoms with Crippen LogP contribution in [0.15, 0.2) is 48.5 Å². The molecule has 26 heavy (non-hydrogen) atoms. The molecule has 0 spiro atoms. The second kappa shape index (κ2) is 8.46. The maximum absolute atomic E-state index is 12.1. The van der Waals surface area contributed by atoms with Crippen molar-refractivity contribution in [3.63, 3.8) is 0 Å². The number of hydrogen-bond donors (Lipinski definition) is 1. The molecule has 1 amide bonds. The van der Waals surface area contributed by atoms with Crippen LogP contribution in [0.5, 0.6) is 17.2 Å². The SMILES string of the molecule is COc1ccc(OCC(=O)NC(C)c2ccc(OC(F)(F)F)cc2)cc1. The minimum absolute atomic E-state index is 0.189. The quantitative estimate of drug-likeness (QED) is 0.806. The molecule has 0 aliphatic carbocycles. The molecule has 1 unspecified atom stereocenters. The zero-order chi connectivity index (χ0) is 19.2. The van der Waals surface area contributed by atoms with Gasteiger partial charge in [0, 0.05) is 0 Å². The second-order valence-corrected chi connectivity index (χ2v) is 5.37. The summed E-state index contributed by atoms with van der Waals surface area (Å²) >= 11 is 0. The Labute approximate surface area is 148 Å². The van der Waals surface area contributed by atoms with Crippen LogP contribution in [0.3, 0.4) is 0 Å². The molecule has 0 aliphatic rings. The third-order valence-electron chi connectivity index (χ3n) is 3.42. The molecule has 0 radical (unpaired) electrons. The van der Waals surface area contributed by atoms with Crippen molar-refractivity contribution in [3.8, 4) is 17.2 Å². The Balaban J connectivity index is 1.84. The van der Waals surface area contributed by atoms with Crippen LogP contribution >= 0.6 is 0 Å². The van der Waals surface area contributed by atoms with Gasteiger partial charge in [-0.2, -0.15) is 0 Å². The third kappa shape index (κ3) is 6.19. The minimum atomic E-state index is -4.74. The molecular weight excluding hydrogens is 351 g/mol. The lowest BCUT2D eigenvalue weighted by molar-refractivity contribution is -0.274. The second-order valence-electron chi connectivity index (χ2n) is 5.37. The summed E-state index contributed by atoms with van der Waals surface area (Å²) in [7, 11) is 1.55. The lowest BCUT2D eigenvalue weighted by Gasteiger charge is -2.16. The van der Waals surface area contributed by atoms with E-state index in [0.29, 0.717) is 17.1 Å². The summed E-state index contributed by atoms with van der Waals surface area (Å²) in [5.41, 5.74) is 0.636. The molecule has 0 fully saturated rings. The number of rotatable bonds is 7. The van der Waals surface area contributed by atoms with Gasteiger partial charge in [-0.3, -0.25) is 4.79 Å². The first-order valence-electron chi connectivity index (χ1n) is 7.69. The summed E-state index contributed by atoms with van der Waals surface area (Å²) in [6, 6.07) is 11.7. The van der Waals surface area contributed by atoms with E-state index in [1.54, 1.807) is 38.3 Å². The van der Waals surface area contributed by atoms with E-state index in [2.05, 4.69) is 10.1 Å². The minimum Gasteiger partial charge on any atom is -0.497 e. The van der Waals surface area contributed by atoms with E-state index >= 15 is 0 Å². The fraction of sp³-hybridized carbons (Fsp3) is 0.278. The van der Waals surface area contributed by atoms with Crippen molar-refractivity contribution >= 4 is 5.91 Å². The lowest BCUT2D eigenvalue weighted by atomic mass is 10.1. The molecule has 2 aromatic carbocycles. The Morgan fingerprint density at radius 3 is 2.08 bits per heavy atom. The first kappa shape index (κ1) is 19.4. The average molecular weight is 369 g/mol. The average Bonchev–Trinajstić information content (AvgIpc) is 2.59. The van der Waals surface area contributed by atoms with Crippen molar-refractivity contribution in [2.75, 3.05) is 13.7 Å². The van der Waals surface area contributed by atoms with Crippen LogP contribution in [-0.2, 0) is 4.79 Å². The van der Waals surface area contributed by atoms with Crippen LogP contribution in [0.1, 0.15) is 18.5 Å². The molecule has 0 bridgehead atoms. The van der Waals surface area contributed by atoms with Crippen molar-refractivity contribution in [2.45, 2.75) is 19.3 Å². The predicted molar refractivity (Wildman–Crippen MR) is 88.2 cm³/mol. The van der Waals surface area contributed by atoms with Crippen molar-refractivity contribution < 1.29 is 32.2 Å². The molecule has 0 aliphatic heterocycles. The van der Waals surface area contributed by atoms with Gasteiger partial charge in [-0.1, -0.05) is 12.1 Å². The van der Waals surface area contributed by atoms with E-state index in [4.69, 9.17) is 9.47 Å².